The molecule has 1 aromatic heterocycles. The molecule has 9 heteroatoms. The van der Waals surface area contributed by atoms with Crippen LogP contribution in [0.25, 0.3) is 0 Å². The van der Waals surface area contributed by atoms with E-state index in [4.69, 9.17) is 4.74 Å². The van der Waals surface area contributed by atoms with E-state index in [9.17, 15) is 13.2 Å². The van der Waals surface area contributed by atoms with Gasteiger partial charge in [-0.25, -0.2) is 13.2 Å². The first-order valence-corrected chi connectivity index (χ1v) is 12.6. The zero-order valence-electron chi connectivity index (χ0n) is 18.3. The van der Waals surface area contributed by atoms with Gasteiger partial charge in [0.15, 0.2) is 0 Å². The topological polar surface area (TPSA) is 87.7 Å². The number of anilines is 3. The van der Waals surface area contributed by atoms with Gasteiger partial charge in [-0.15, -0.1) is 11.3 Å². The summed E-state index contributed by atoms with van der Waals surface area (Å²) in [7, 11) is -3.59. The van der Waals surface area contributed by atoms with Gasteiger partial charge in [0.1, 0.15) is 10.8 Å². The number of carbonyl (C=O) groups excluding carboxylic acids is 1. The van der Waals surface area contributed by atoms with Gasteiger partial charge in [0.05, 0.1) is 0 Å². The standard InChI is InChI=1S/C23H27N3O4S2/c1-4-26(5-2)20-12-13-21(17(3)15-20)24-23(27)30-16-18-8-10-19(11-9-18)25-32(28,29)22-7-6-14-31-22/h6-15,25H,4-5,16H2,1-3H3,(H,24,27). The van der Waals surface area contributed by atoms with Crippen LogP contribution in [0.15, 0.2) is 64.2 Å². The van der Waals surface area contributed by atoms with Crippen LogP contribution in [0.4, 0.5) is 21.9 Å². The maximum absolute atomic E-state index is 12.3. The average Bonchev–Trinajstić information content (AvgIpc) is 3.32. The highest BCUT2D eigenvalue weighted by molar-refractivity contribution is 7.94. The quantitative estimate of drug-likeness (QED) is 0.431. The van der Waals surface area contributed by atoms with E-state index in [0.29, 0.717) is 11.4 Å². The molecule has 3 rings (SSSR count). The minimum atomic E-state index is -3.59. The predicted octanol–water partition coefficient (Wildman–Crippen LogP) is 5.45. The molecule has 0 aliphatic rings. The lowest BCUT2D eigenvalue weighted by atomic mass is 10.1. The minimum absolute atomic E-state index is 0.0698. The number of nitrogens with zero attached hydrogens (tertiary/aromatic N) is 1. The van der Waals surface area contributed by atoms with Crippen LogP contribution in [-0.4, -0.2) is 27.6 Å². The Labute approximate surface area is 193 Å². The number of ether oxygens (including phenoxy) is 1. The summed E-state index contributed by atoms with van der Waals surface area (Å²) in [4.78, 5) is 14.5. The van der Waals surface area contributed by atoms with E-state index in [2.05, 4.69) is 28.8 Å². The van der Waals surface area contributed by atoms with Crippen LogP contribution in [0.5, 0.6) is 0 Å². The van der Waals surface area contributed by atoms with E-state index >= 15 is 0 Å². The van der Waals surface area contributed by atoms with Crippen molar-refractivity contribution in [2.75, 3.05) is 28.0 Å². The molecule has 0 aliphatic heterocycles. The van der Waals surface area contributed by atoms with E-state index < -0.39 is 16.1 Å². The molecule has 7 nitrogen and oxygen atoms in total. The van der Waals surface area contributed by atoms with Crippen molar-refractivity contribution in [3.8, 4) is 0 Å². The number of hydrogen-bond acceptors (Lipinski definition) is 6. The molecule has 2 N–H and O–H groups in total. The summed E-state index contributed by atoms with van der Waals surface area (Å²) < 4.78 is 32.6. The normalized spacial score (nSPS) is 11.1. The molecular weight excluding hydrogens is 446 g/mol. The first-order valence-electron chi connectivity index (χ1n) is 10.3. The van der Waals surface area contributed by atoms with Crippen LogP contribution in [-0.2, 0) is 21.4 Å². The monoisotopic (exact) mass is 473 g/mol. The van der Waals surface area contributed by atoms with Crippen LogP contribution < -0.4 is 14.9 Å². The summed E-state index contributed by atoms with van der Waals surface area (Å²) >= 11 is 1.15. The van der Waals surface area contributed by atoms with Crippen molar-refractivity contribution in [3.63, 3.8) is 0 Å². The molecular formula is C23H27N3O4S2. The van der Waals surface area contributed by atoms with Gasteiger partial charge in [-0.05, 0) is 73.7 Å². The van der Waals surface area contributed by atoms with Crippen LogP contribution in [0.3, 0.4) is 0 Å². The highest BCUT2D eigenvalue weighted by Crippen LogP contribution is 2.23. The second-order valence-corrected chi connectivity index (χ2v) is 9.96. The predicted molar refractivity (Wildman–Crippen MR) is 130 cm³/mol. The smallest absolute Gasteiger partial charge is 0.411 e. The van der Waals surface area contributed by atoms with Gasteiger partial charge in [0.25, 0.3) is 10.0 Å². The lowest BCUT2D eigenvalue weighted by Crippen LogP contribution is -2.22. The SMILES string of the molecule is CCN(CC)c1ccc(NC(=O)OCc2ccc(NS(=O)(=O)c3cccs3)cc2)c(C)c1. The van der Waals surface area contributed by atoms with E-state index in [1.165, 1.54) is 0 Å². The summed E-state index contributed by atoms with van der Waals surface area (Å²) in [6, 6.07) is 15.8. The van der Waals surface area contributed by atoms with Gasteiger partial charge in [-0.2, -0.15) is 0 Å². The molecule has 1 amide bonds. The van der Waals surface area contributed by atoms with Gasteiger partial charge in [0.2, 0.25) is 0 Å². The van der Waals surface area contributed by atoms with Crippen LogP contribution in [0.1, 0.15) is 25.0 Å². The number of sulfonamides is 1. The Kier molecular flexibility index (Phi) is 7.76. The van der Waals surface area contributed by atoms with Crippen LogP contribution in [0.2, 0.25) is 0 Å². The van der Waals surface area contributed by atoms with Crippen LogP contribution in [0, 0.1) is 6.92 Å². The maximum atomic E-state index is 12.3. The Bertz CT molecular complexity index is 1140. The van der Waals surface area contributed by atoms with Crippen molar-refractivity contribution < 1.29 is 17.9 Å². The highest BCUT2D eigenvalue weighted by Gasteiger charge is 2.15. The number of amides is 1. The number of rotatable bonds is 9. The summed E-state index contributed by atoms with van der Waals surface area (Å²) in [5.74, 6) is 0. The second-order valence-electron chi connectivity index (χ2n) is 7.11. The second kappa shape index (κ2) is 10.5. The molecule has 0 spiro atoms. The Morgan fingerprint density at radius 2 is 1.78 bits per heavy atom. The number of hydrogen-bond donors (Lipinski definition) is 2. The van der Waals surface area contributed by atoms with Crippen molar-refractivity contribution in [3.05, 3.63) is 71.1 Å². The summed E-state index contributed by atoms with van der Waals surface area (Å²) in [5.41, 5.74) is 3.95. The lowest BCUT2D eigenvalue weighted by molar-refractivity contribution is 0.155. The summed E-state index contributed by atoms with van der Waals surface area (Å²) in [6.07, 6.45) is -0.550. The fourth-order valence-electron chi connectivity index (χ4n) is 3.16. The Hall–Kier alpha value is -3.04. The molecule has 32 heavy (non-hydrogen) atoms. The number of thiophene rings is 1. The van der Waals surface area contributed by atoms with Crippen molar-refractivity contribution in [2.24, 2.45) is 0 Å². The van der Waals surface area contributed by atoms with Gasteiger partial charge in [0, 0.05) is 30.2 Å². The van der Waals surface area contributed by atoms with E-state index in [-0.39, 0.29) is 10.8 Å². The molecule has 0 radical (unpaired) electrons. The zero-order valence-corrected chi connectivity index (χ0v) is 19.9. The Balaban J connectivity index is 1.54. The highest BCUT2D eigenvalue weighted by atomic mass is 32.2. The third kappa shape index (κ3) is 6.02. The van der Waals surface area contributed by atoms with Gasteiger partial charge >= 0.3 is 6.09 Å². The number of carbonyl (C=O) groups is 1. The number of nitrogens with one attached hydrogen (secondary N) is 2. The summed E-state index contributed by atoms with van der Waals surface area (Å²) in [5, 5.41) is 4.48. The molecule has 3 aromatic rings. The molecule has 0 atom stereocenters. The molecule has 170 valence electrons. The van der Waals surface area contributed by atoms with E-state index in [0.717, 1.165) is 41.2 Å². The van der Waals surface area contributed by atoms with E-state index in [1.54, 1.807) is 41.8 Å². The van der Waals surface area contributed by atoms with Crippen molar-refractivity contribution in [2.45, 2.75) is 31.6 Å². The molecule has 0 bridgehead atoms. The average molecular weight is 474 g/mol. The van der Waals surface area contributed by atoms with Crippen molar-refractivity contribution >= 4 is 44.5 Å². The number of aryl methyl sites for hydroxylation is 1. The number of benzene rings is 2. The van der Waals surface area contributed by atoms with Crippen molar-refractivity contribution in [1.82, 2.24) is 0 Å². The minimum Gasteiger partial charge on any atom is -0.444 e. The lowest BCUT2D eigenvalue weighted by Gasteiger charge is -2.22. The zero-order chi connectivity index (χ0) is 23.1. The fourth-order valence-corrected chi connectivity index (χ4v) is 5.21. The molecule has 0 saturated carbocycles. The van der Waals surface area contributed by atoms with Gasteiger partial charge in [-0.3, -0.25) is 10.0 Å². The molecule has 2 aromatic carbocycles. The first-order chi connectivity index (χ1) is 15.3. The van der Waals surface area contributed by atoms with Gasteiger partial charge in [-0.1, -0.05) is 18.2 Å². The molecule has 0 unspecified atom stereocenters. The molecule has 1 heterocycles. The largest absolute Gasteiger partial charge is 0.444 e. The fraction of sp³-hybridized carbons (Fsp3) is 0.261. The molecule has 0 saturated heterocycles. The molecule has 0 aliphatic carbocycles. The first kappa shape index (κ1) is 23.6. The molecule has 0 fully saturated rings. The third-order valence-corrected chi connectivity index (χ3v) is 7.69. The van der Waals surface area contributed by atoms with Crippen molar-refractivity contribution in [1.29, 1.82) is 0 Å². The van der Waals surface area contributed by atoms with Gasteiger partial charge < -0.3 is 9.64 Å². The summed E-state index contributed by atoms with van der Waals surface area (Å²) in [6.45, 7) is 8.05. The van der Waals surface area contributed by atoms with E-state index in [1.807, 2.05) is 25.1 Å². The maximum Gasteiger partial charge on any atom is 0.411 e. The third-order valence-electron chi connectivity index (χ3n) is 4.91. The van der Waals surface area contributed by atoms with Crippen LogP contribution >= 0.6 is 11.3 Å². The Morgan fingerprint density at radius 3 is 2.38 bits per heavy atom. The Morgan fingerprint density at radius 1 is 1.06 bits per heavy atom.